The molecule has 0 unspecified atom stereocenters. The number of carbonyl (C=O) groups is 2. The lowest BCUT2D eigenvalue weighted by Gasteiger charge is -2.16. The molecule has 2 amide bonds. The van der Waals surface area contributed by atoms with Crippen LogP contribution in [0, 0.1) is 0 Å². The van der Waals surface area contributed by atoms with E-state index in [1.807, 2.05) is 6.07 Å². The van der Waals surface area contributed by atoms with Crippen molar-refractivity contribution in [3.05, 3.63) is 75.7 Å². The molecular weight excluding hydrogens is 500 g/mol. The molecule has 0 heterocycles. The Bertz CT molecular complexity index is 1120. The van der Waals surface area contributed by atoms with Crippen molar-refractivity contribution >= 4 is 50.7 Å². The van der Waals surface area contributed by atoms with Gasteiger partial charge in [0, 0.05) is 22.7 Å². The highest BCUT2D eigenvalue weighted by molar-refractivity contribution is 9.10. The highest BCUT2D eigenvalue weighted by Gasteiger charge is 2.16. The van der Waals surface area contributed by atoms with E-state index in [4.69, 9.17) is 25.8 Å². The van der Waals surface area contributed by atoms with E-state index in [2.05, 4.69) is 26.6 Å². The predicted molar refractivity (Wildman–Crippen MR) is 127 cm³/mol. The molecule has 7 nitrogen and oxygen atoms in total. The van der Waals surface area contributed by atoms with Gasteiger partial charge in [-0.2, -0.15) is 0 Å². The number of hydrogen-bond donors (Lipinski definition) is 2. The van der Waals surface area contributed by atoms with Crippen LogP contribution in [0.1, 0.15) is 10.4 Å². The lowest BCUT2D eigenvalue weighted by Crippen LogP contribution is -2.21. The minimum Gasteiger partial charge on any atom is -0.494 e. The highest BCUT2D eigenvalue weighted by Crippen LogP contribution is 2.37. The molecule has 0 spiro atoms. The van der Waals surface area contributed by atoms with E-state index < -0.39 is 5.91 Å². The average Bonchev–Trinajstić information content (AvgIpc) is 2.79. The molecule has 0 radical (unpaired) electrons. The maximum Gasteiger partial charge on any atom is 0.262 e. The summed E-state index contributed by atoms with van der Waals surface area (Å²) >= 11 is 9.25. The van der Waals surface area contributed by atoms with Crippen molar-refractivity contribution in [1.82, 2.24) is 0 Å². The van der Waals surface area contributed by atoms with Crippen molar-refractivity contribution in [2.45, 2.75) is 0 Å². The van der Waals surface area contributed by atoms with E-state index in [0.29, 0.717) is 43.7 Å². The van der Waals surface area contributed by atoms with Gasteiger partial charge in [-0.15, -0.1) is 0 Å². The summed E-state index contributed by atoms with van der Waals surface area (Å²) in [6.07, 6.45) is 0. The lowest BCUT2D eigenvalue weighted by molar-refractivity contribution is -0.118. The second-order valence-corrected chi connectivity index (χ2v) is 7.78. The monoisotopic (exact) mass is 518 g/mol. The number of anilines is 2. The first-order chi connectivity index (χ1) is 15.4. The van der Waals surface area contributed by atoms with Crippen molar-refractivity contribution in [1.29, 1.82) is 0 Å². The Morgan fingerprint density at radius 1 is 0.875 bits per heavy atom. The van der Waals surface area contributed by atoms with Crippen LogP contribution in [-0.2, 0) is 4.79 Å². The second-order valence-electron chi connectivity index (χ2n) is 6.48. The molecule has 0 saturated carbocycles. The fraction of sp³-hybridized carbons (Fsp3) is 0.130. The molecule has 2 N–H and O–H groups in total. The first-order valence-corrected chi connectivity index (χ1v) is 10.6. The van der Waals surface area contributed by atoms with Gasteiger partial charge in [-0.1, -0.05) is 29.8 Å². The number of ether oxygens (including phenoxy) is 3. The smallest absolute Gasteiger partial charge is 0.262 e. The number of amides is 2. The molecule has 0 saturated heterocycles. The second kappa shape index (κ2) is 10.9. The van der Waals surface area contributed by atoms with E-state index in [9.17, 15) is 9.59 Å². The summed E-state index contributed by atoms with van der Waals surface area (Å²) in [7, 11) is 2.92. The van der Waals surface area contributed by atoms with Crippen LogP contribution in [0.2, 0.25) is 5.02 Å². The molecule has 3 aromatic rings. The summed E-state index contributed by atoms with van der Waals surface area (Å²) < 4.78 is 16.9. The third-order valence-electron chi connectivity index (χ3n) is 4.33. The predicted octanol–water partition coefficient (Wildman–Crippen LogP) is 5.39. The number of halogens is 2. The number of benzene rings is 3. The third-order valence-corrected chi connectivity index (χ3v) is 5.19. The summed E-state index contributed by atoms with van der Waals surface area (Å²) in [4.78, 5) is 24.9. The maximum absolute atomic E-state index is 12.5. The lowest BCUT2D eigenvalue weighted by atomic mass is 10.2. The Morgan fingerprint density at radius 3 is 2.09 bits per heavy atom. The molecule has 32 heavy (non-hydrogen) atoms. The number of nitrogens with one attached hydrogen (secondary N) is 2. The third kappa shape index (κ3) is 5.93. The van der Waals surface area contributed by atoms with Gasteiger partial charge in [0.2, 0.25) is 0 Å². The summed E-state index contributed by atoms with van der Waals surface area (Å²) in [5.74, 6) is 0.466. The van der Waals surface area contributed by atoms with Crippen LogP contribution in [0.3, 0.4) is 0 Å². The molecule has 0 atom stereocenters. The van der Waals surface area contributed by atoms with Crippen molar-refractivity contribution in [2.24, 2.45) is 0 Å². The SMILES string of the molecule is COc1cc(NC(=O)c2ccccc2)c(OC)cc1NC(=O)COc1ccc(Cl)cc1Br. The normalized spacial score (nSPS) is 10.2. The van der Waals surface area contributed by atoms with E-state index in [1.54, 1.807) is 54.6 Å². The maximum atomic E-state index is 12.5. The van der Waals surface area contributed by atoms with Crippen LogP contribution in [0.15, 0.2) is 65.1 Å². The molecule has 0 bridgehead atoms. The molecule has 0 fully saturated rings. The van der Waals surface area contributed by atoms with Crippen LogP contribution in [0.5, 0.6) is 17.2 Å². The minimum atomic E-state index is -0.409. The number of carbonyl (C=O) groups excluding carboxylic acids is 2. The quantitative estimate of drug-likeness (QED) is 0.417. The van der Waals surface area contributed by atoms with Gasteiger partial charge in [0.05, 0.1) is 30.1 Å². The molecule has 3 aromatic carbocycles. The Kier molecular flexibility index (Phi) is 7.97. The van der Waals surface area contributed by atoms with Gasteiger partial charge in [-0.05, 0) is 46.3 Å². The van der Waals surface area contributed by atoms with Crippen molar-refractivity contribution < 1.29 is 23.8 Å². The highest BCUT2D eigenvalue weighted by atomic mass is 79.9. The van der Waals surface area contributed by atoms with Gasteiger partial charge in [0.1, 0.15) is 17.2 Å². The van der Waals surface area contributed by atoms with Crippen LogP contribution in [0.25, 0.3) is 0 Å². The van der Waals surface area contributed by atoms with Crippen molar-refractivity contribution in [2.75, 3.05) is 31.5 Å². The molecule has 0 aliphatic heterocycles. The van der Waals surface area contributed by atoms with Crippen molar-refractivity contribution in [3.8, 4) is 17.2 Å². The van der Waals surface area contributed by atoms with Gasteiger partial charge in [-0.3, -0.25) is 9.59 Å². The number of rotatable bonds is 8. The van der Waals surface area contributed by atoms with Crippen LogP contribution in [-0.4, -0.2) is 32.6 Å². The Morgan fingerprint density at radius 2 is 1.50 bits per heavy atom. The summed E-state index contributed by atoms with van der Waals surface area (Å²) in [6, 6.07) is 16.9. The van der Waals surface area contributed by atoms with E-state index >= 15 is 0 Å². The molecule has 166 valence electrons. The van der Waals surface area contributed by atoms with E-state index in [0.717, 1.165) is 0 Å². The Balaban J connectivity index is 1.73. The van der Waals surface area contributed by atoms with Gasteiger partial charge in [-0.25, -0.2) is 0 Å². The molecular formula is C23H20BrClN2O5. The Labute approximate surface area is 198 Å². The molecule has 3 rings (SSSR count). The fourth-order valence-corrected chi connectivity index (χ4v) is 3.60. The van der Waals surface area contributed by atoms with Gasteiger partial charge < -0.3 is 24.8 Å². The van der Waals surface area contributed by atoms with Crippen molar-refractivity contribution in [3.63, 3.8) is 0 Å². The largest absolute Gasteiger partial charge is 0.494 e. The first kappa shape index (κ1) is 23.4. The van der Waals surface area contributed by atoms with Crippen LogP contribution >= 0.6 is 27.5 Å². The average molecular weight is 520 g/mol. The van der Waals surface area contributed by atoms with Gasteiger partial charge in [0.25, 0.3) is 11.8 Å². The Hall–Kier alpha value is -3.23. The van der Waals surface area contributed by atoms with Gasteiger partial charge >= 0.3 is 0 Å². The number of hydrogen-bond acceptors (Lipinski definition) is 5. The standard InChI is InChI=1S/C23H20BrClN2O5/c1-30-20-12-18(27-23(29)14-6-4-3-5-7-14)21(31-2)11-17(20)26-22(28)13-32-19-9-8-15(25)10-16(19)24/h3-12H,13H2,1-2H3,(H,26,28)(H,27,29). The van der Waals surface area contributed by atoms with Crippen LogP contribution < -0.4 is 24.8 Å². The zero-order chi connectivity index (χ0) is 23.1. The van der Waals surface area contributed by atoms with E-state index in [1.165, 1.54) is 14.2 Å². The van der Waals surface area contributed by atoms with Gasteiger partial charge in [0.15, 0.2) is 6.61 Å². The molecule has 0 aromatic heterocycles. The number of methoxy groups -OCH3 is 2. The fourth-order valence-electron chi connectivity index (χ4n) is 2.80. The summed E-state index contributed by atoms with van der Waals surface area (Å²) in [6.45, 7) is -0.238. The zero-order valence-electron chi connectivity index (χ0n) is 17.3. The molecule has 9 heteroatoms. The molecule has 0 aliphatic carbocycles. The topological polar surface area (TPSA) is 85.9 Å². The van der Waals surface area contributed by atoms with Crippen LogP contribution in [0.4, 0.5) is 11.4 Å². The van der Waals surface area contributed by atoms with E-state index in [-0.39, 0.29) is 12.5 Å². The summed E-state index contributed by atoms with van der Waals surface area (Å²) in [5.41, 5.74) is 1.26. The first-order valence-electron chi connectivity index (χ1n) is 9.41. The minimum absolute atomic E-state index is 0.238. The zero-order valence-corrected chi connectivity index (χ0v) is 19.6. The molecule has 0 aliphatic rings. The summed E-state index contributed by atoms with van der Waals surface area (Å²) in [5, 5.41) is 6.07.